The number of benzene rings is 1. The van der Waals surface area contributed by atoms with Gasteiger partial charge in [0, 0.05) is 17.2 Å². The molecule has 5 nitrogen and oxygen atoms in total. The summed E-state index contributed by atoms with van der Waals surface area (Å²) in [7, 11) is 3.29. The fraction of sp³-hybridized carbons (Fsp3) is 0.429. The Hall–Kier alpha value is -2.56. The van der Waals surface area contributed by atoms with Crippen molar-refractivity contribution < 1.29 is 13.9 Å². The third-order valence-corrected chi connectivity index (χ3v) is 4.60. The second kappa shape index (κ2) is 8.21. The van der Waals surface area contributed by atoms with Crippen molar-refractivity contribution in [2.75, 3.05) is 14.2 Å². The number of ether oxygens (including phenoxy) is 2. The largest absolute Gasteiger partial charge is 0.497 e. The van der Waals surface area contributed by atoms with Crippen LogP contribution in [0.15, 0.2) is 28.9 Å². The summed E-state index contributed by atoms with van der Waals surface area (Å²) in [5.74, 6) is 1.45. The number of hydrogen-bond acceptors (Lipinski definition) is 5. The van der Waals surface area contributed by atoms with E-state index in [1.54, 1.807) is 20.5 Å². The monoisotopic (exact) mass is 354 g/mol. The van der Waals surface area contributed by atoms with Gasteiger partial charge in [0.05, 0.1) is 31.9 Å². The highest BCUT2D eigenvalue weighted by Crippen LogP contribution is 2.35. The first-order chi connectivity index (χ1) is 12.7. The summed E-state index contributed by atoms with van der Waals surface area (Å²) >= 11 is 0. The number of furan rings is 1. The van der Waals surface area contributed by atoms with Crippen molar-refractivity contribution in [1.82, 2.24) is 9.97 Å². The van der Waals surface area contributed by atoms with E-state index >= 15 is 0 Å². The van der Waals surface area contributed by atoms with E-state index < -0.39 is 0 Å². The van der Waals surface area contributed by atoms with Gasteiger partial charge in [-0.2, -0.15) is 0 Å². The van der Waals surface area contributed by atoms with Crippen molar-refractivity contribution in [3.05, 3.63) is 35.7 Å². The molecule has 0 radical (unpaired) electrons. The second-order valence-corrected chi connectivity index (χ2v) is 6.31. The van der Waals surface area contributed by atoms with Gasteiger partial charge in [-0.1, -0.05) is 26.7 Å². The molecule has 0 saturated carbocycles. The SMILES string of the molecule is CCCCCc1coc2nc(-c3ccc(OC)cc3OC)c(CC)nc12. The maximum Gasteiger partial charge on any atom is 0.245 e. The van der Waals surface area contributed by atoms with Crippen LogP contribution < -0.4 is 9.47 Å². The maximum atomic E-state index is 5.72. The summed E-state index contributed by atoms with van der Waals surface area (Å²) in [4.78, 5) is 9.66. The number of aryl methyl sites for hydroxylation is 2. The van der Waals surface area contributed by atoms with Crippen molar-refractivity contribution in [2.45, 2.75) is 46.0 Å². The van der Waals surface area contributed by atoms with Crippen LogP contribution in [0.25, 0.3) is 22.5 Å². The van der Waals surface area contributed by atoms with E-state index in [0.29, 0.717) is 11.5 Å². The van der Waals surface area contributed by atoms with Crippen LogP contribution in [0.5, 0.6) is 11.5 Å². The summed E-state index contributed by atoms with van der Waals surface area (Å²) in [6, 6.07) is 5.72. The molecule has 0 fully saturated rings. The molecule has 0 aliphatic rings. The predicted octanol–water partition coefficient (Wildman–Crippen LogP) is 5.20. The topological polar surface area (TPSA) is 57.4 Å². The van der Waals surface area contributed by atoms with Gasteiger partial charge in [0.2, 0.25) is 5.71 Å². The van der Waals surface area contributed by atoms with Crippen LogP contribution >= 0.6 is 0 Å². The molecule has 3 rings (SSSR count). The second-order valence-electron chi connectivity index (χ2n) is 6.31. The van der Waals surface area contributed by atoms with Gasteiger partial charge in [-0.3, -0.25) is 0 Å². The summed E-state index contributed by atoms with van der Waals surface area (Å²) in [6.45, 7) is 4.29. The summed E-state index contributed by atoms with van der Waals surface area (Å²) < 4.78 is 16.6. The molecule has 0 bridgehead atoms. The molecule has 0 aliphatic heterocycles. The minimum Gasteiger partial charge on any atom is -0.497 e. The molecule has 2 aromatic heterocycles. The van der Waals surface area contributed by atoms with Gasteiger partial charge >= 0.3 is 0 Å². The molecule has 0 amide bonds. The van der Waals surface area contributed by atoms with E-state index in [0.717, 1.165) is 53.0 Å². The number of hydrogen-bond donors (Lipinski definition) is 0. The number of nitrogens with zero attached hydrogens (tertiary/aromatic N) is 2. The van der Waals surface area contributed by atoms with E-state index in [2.05, 4.69) is 13.8 Å². The lowest BCUT2D eigenvalue weighted by atomic mass is 10.1. The minimum absolute atomic E-state index is 0.585. The number of aromatic nitrogens is 2. The third kappa shape index (κ3) is 3.52. The number of fused-ring (bicyclic) bond motifs is 1. The third-order valence-electron chi connectivity index (χ3n) is 4.60. The zero-order chi connectivity index (χ0) is 18.5. The highest BCUT2D eigenvalue weighted by Gasteiger charge is 2.18. The molecule has 1 aromatic carbocycles. The molecule has 26 heavy (non-hydrogen) atoms. The summed E-state index contributed by atoms with van der Waals surface area (Å²) in [5.41, 5.74) is 5.25. The van der Waals surface area contributed by atoms with E-state index in [-0.39, 0.29) is 0 Å². The molecular formula is C21H26N2O3. The van der Waals surface area contributed by atoms with Crippen LogP contribution in [-0.4, -0.2) is 24.2 Å². The normalized spacial score (nSPS) is 11.1. The Morgan fingerprint density at radius 1 is 1.04 bits per heavy atom. The lowest BCUT2D eigenvalue weighted by Gasteiger charge is -2.12. The zero-order valence-corrected chi connectivity index (χ0v) is 16.0. The van der Waals surface area contributed by atoms with Gasteiger partial charge < -0.3 is 13.9 Å². The highest BCUT2D eigenvalue weighted by molar-refractivity contribution is 5.79. The molecule has 0 spiro atoms. The van der Waals surface area contributed by atoms with Crippen LogP contribution in [0.1, 0.15) is 44.4 Å². The van der Waals surface area contributed by atoms with Gasteiger partial charge in [0.15, 0.2) is 0 Å². The highest BCUT2D eigenvalue weighted by atomic mass is 16.5. The minimum atomic E-state index is 0.585. The van der Waals surface area contributed by atoms with Gasteiger partial charge in [0.1, 0.15) is 17.0 Å². The van der Waals surface area contributed by atoms with E-state index in [1.807, 2.05) is 18.2 Å². The van der Waals surface area contributed by atoms with Crippen LogP contribution in [0.4, 0.5) is 0 Å². The Kier molecular flexibility index (Phi) is 5.76. The first-order valence-corrected chi connectivity index (χ1v) is 9.21. The molecule has 0 saturated heterocycles. The average Bonchev–Trinajstić information content (AvgIpc) is 3.08. The molecule has 0 N–H and O–H groups in total. The zero-order valence-electron chi connectivity index (χ0n) is 16.0. The van der Waals surface area contributed by atoms with Crippen LogP contribution in [0, 0.1) is 0 Å². The van der Waals surface area contributed by atoms with Crippen molar-refractivity contribution in [2.24, 2.45) is 0 Å². The predicted molar refractivity (Wildman–Crippen MR) is 103 cm³/mol. The van der Waals surface area contributed by atoms with Gasteiger partial charge in [-0.25, -0.2) is 9.97 Å². The van der Waals surface area contributed by atoms with Gasteiger partial charge in [-0.05, 0) is 31.4 Å². The van der Waals surface area contributed by atoms with Crippen LogP contribution in [-0.2, 0) is 12.8 Å². The Bertz CT molecular complexity index is 886. The first-order valence-electron chi connectivity index (χ1n) is 9.21. The van der Waals surface area contributed by atoms with E-state index in [1.165, 1.54) is 12.8 Å². The molecule has 3 aromatic rings. The molecule has 2 heterocycles. The molecule has 0 aliphatic carbocycles. The molecule has 0 unspecified atom stereocenters. The van der Waals surface area contributed by atoms with E-state index in [4.69, 9.17) is 23.9 Å². The smallest absolute Gasteiger partial charge is 0.245 e. The van der Waals surface area contributed by atoms with E-state index in [9.17, 15) is 0 Å². The number of rotatable bonds is 8. The number of unbranched alkanes of at least 4 members (excludes halogenated alkanes) is 2. The molecule has 5 heteroatoms. The van der Waals surface area contributed by atoms with Crippen molar-refractivity contribution in [3.8, 4) is 22.8 Å². The van der Waals surface area contributed by atoms with Crippen LogP contribution in [0.3, 0.4) is 0 Å². The van der Waals surface area contributed by atoms with Gasteiger partial charge in [-0.15, -0.1) is 0 Å². The first kappa shape index (κ1) is 18.2. The van der Waals surface area contributed by atoms with Crippen molar-refractivity contribution in [1.29, 1.82) is 0 Å². The molecule has 0 atom stereocenters. The van der Waals surface area contributed by atoms with Crippen molar-refractivity contribution >= 4 is 11.2 Å². The summed E-state index contributed by atoms with van der Waals surface area (Å²) in [5, 5.41) is 0. The fourth-order valence-corrected chi connectivity index (χ4v) is 3.13. The van der Waals surface area contributed by atoms with Crippen molar-refractivity contribution in [3.63, 3.8) is 0 Å². The Morgan fingerprint density at radius 2 is 1.88 bits per heavy atom. The Morgan fingerprint density at radius 3 is 2.58 bits per heavy atom. The quantitative estimate of drug-likeness (QED) is 0.520. The molecular weight excluding hydrogens is 328 g/mol. The summed E-state index contributed by atoms with van der Waals surface area (Å²) in [6.07, 6.45) is 7.11. The van der Waals surface area contributed by atoms with Crippen LogP contribution in [0.2, 0.25) is 0 Å². The lowest BCUT2D eigenvalue weighted by molar-refractivity contribution is 0.395. The Balaban J connectivity index is 2.07. The standard InChI is InChI=1S/C21H26N2O3/c1-5-7-8-9-14-13-26-21-19(14)22-17(6-2)20(23-21)16-11-10-15(24-3)12-18(16)25-4/h10-13H,5-9H2,1-4H3. The Labute approximate surface area is 154 Å². The average molecular weight is 354 g/mol. The number of methoxy groups -OCH3 is 2. The lowest BCUT2D eigenvalue weighted by Crippen LogP contribution is -2.00. The maximum absolute atomic E-state index is 5.72. The fourth-order valence-electron chi connectivity index (χ4n) is 3.13. The van der Waals surface area contributed by atoms with Gasteiger partial charge in [0.25, 0.3) is 0 Å². The molecule has 138 valence electrons.